The first kappa shape index (κ1) is 8.84. The van der Waals surface area contributed by atoms with Gasteiger partial charge < -0.3 is 0 Å². The fourth-order valence-electron chi connectivity index (χ4n) is 0.666. The fourth-order valence-corrected chi connectivity index (χ4v) is 0.666. The summed E-state index contributed by atoms with van der Waals surface area (Å²) < 4.78 is 0. The van der Waals surface area contributed by atoms with Crippen molar-refractivity contribution in [1.82, 2.24) is 0 Å². The molecule has 0 aromatic heterocycles. The van der Waals surface area contributed by atoms with Gasteiger partial charge in [-0.05, 0) is 19.1 Å². The minimum absolute atomic E-state index is 0. The van der Waals surface area contributed by atoms with Crippen molar-refractivity contribution in [3.63, 3.8) is 0 Å². The Morgan fingerprint density at radius 1 is 1.10 bits per heavy atom. The molecule has 1 heteroatoms. The molecule has 1 aromatic carbocycles. The van der Waals surface area contributed by atoms with Crippen molar-refractivity contribution in [2.24, 2.45) is 0 Å². The van der Waals surface area contributed by atoms with Gasteiger partial charge in [-0.15, -0.1) is 5.92 Å². The Kier molecular flexibility index (Phi) is 4.16. The van der Waals surface area contributed by atoms with Crippen molar-refractivity contribution < 1.29 is 0 Å². The molecule has 1 rings (SSSR count). The van der Waals surface area contributed by atoms with Crippen molar-refractivity contribution >= 4 is 8.41 Å². The molecule has 3 radical (unpaired) electrons. The van der Waals surface area contributed by atoms with E-state index in [1.807, 2.05) is 37.3 Å². The zero-order valence-corrected chi connectivity index (χ0v) is 5.96. The second-order valence-electron chi connectivity index (χ2n) is 1.74. The van der Waals surface area contributed by atoms with Gasteiger partial charge in [0.05, 0.1) is 0 Å². The fraction of sp³-hybridized carbons (Fsp3) is 0.111. The minimum Gasteiger partial charge on any atom is -0.101 e. The van der Waals surface area contributed by atoms with Crippen molar-refractivity contribution in [1.29, 1.82) is 0 Å². The average Bonchev–Trinajstić information content (AvgIpc) is 1.91. The van der Waals surface area contributed by atoms with Crippen molar-refractivity contribution in [3.05, 3.63) is 35.9 Å². The summed E-state index contributed by atoms with van der Waals surface area (Å²) in [4.78, 5) is 0. The summed E-state index contributed by atoms with van der Waals surface area (Å²) >= 11 is 0. The standard InChI is InChI=1S/C9H8.B/c1-2-6-9-7-4-3-5-8-9;/h3-5,7-8H,1H3;. The summed E-state index contributed by atoms with van der Waals surface area (Å²) in [5.74, 6) is 5.79. The summed E-state index contributed by atoms with van der Waals surface area (Å²) in [7, 11) is 0. The molecular weight excluding hydrogens is 119 g/mol. The van der Waals surface area contributed by atoms with E-state index in [4.69, 9.17) is 0 Å². The lowest BCUT2D eigenvalue weighted by Crippen LogP contribution is -1.67. The van der Waals surface area contributed by atoms with E-state index in [9.17, 15) is 0 Å². The van der Waals surface area contributed by atoms with Crippen LogP contribution in [0, 0.1) is 11.8 Å². The predicted molar refractivity (Wildman–Crippen MR) is 44.7 cm³/mol. The van der Waals surface area contributed by atoms with Gasteiger partial charge in [-0.25, -0.2) is 0 Å². The van der Waals surface area contributed by atoms with Gasteiger partial charge in [-0.2, -0.15) is 0 Å². The van der Waals surface area contributed by atoms with Gasteiger partial charge in [-0.3, -0.25) is 0 Å². The molecular formula is C9H8B. The van der Waals surface area contributed by atoms with Crippen LogP contribution in [0.25, 0.3) is 0 Å². The highest BCUT2D eigenvalue weighted by molar-refractivity contribution is 5.75. The van der Waals surface area contributed by atoms with Crippen molar-refractivity contribution in [2.75, 3.05) is 0 Å². The predicted octanol–water partition coefficient (Wildman–Crippen LogP) is 1.68. The largest absolute Gasteiger partial charge is 0.101 e. The van der Waals surface area contributed by atoms with Crippen LogP contribution in [0.5, 0.6) is 0 Å². The Bertz CT molecular complexity index is 228. The van der Waals surface area contributed by atoms with Gasteiger partial charge in [0, 0.05) is 14.0 Å². The third kappa shape index (κ3) is 2.41. The highest BCUT2D eigenvalue weighted by Gasteiger charge is 1.77. The molecule has 10 heavy (non-hydrogen) atoms. The molecule has 0 aliphatic carbocycles. The summed E-state index contributed by atoms with van der Waals surface area (Å²) in [6.07, 6.45) is 0. The zero-order chi connectivity index (χ0) is 6.53. The van der Waals surface area contributed by atoms with Gasteiger partial charge in [0.2, 0.25) is 0 Å². The Hall–Kier alpha value is -1.16. The van der Waals surface area contributed by atoms with Crippen LogP contribution < -0.4 is 0 Å². The lowest BCUT2D eigenvalue weighted by atomic mass is 10.2. The van der Waals surface area contributed by atoms with Gasteiger partial charge in [0.15, 0.2) is 0 Å². The first-order valence-corrected chi connectivity index (χ1v) is 2.91. The highest BCUT2D eigenvalue weighted by Crippen LogP contribution is 1.93. The van der Waals surface area contributed by atoms with Crippen LogP contribution in [0.15, 0.2) is 30.3 Å². The van der Waals surface area contributed by atoms with Crippen LogP contribution >= 0.6 is 0 Å². The van der Waals surface area contributed by atoms with Crippen molar-refractivity contribution in [3.8, 4) is 11.8 Å². The van der Waals surface area contributed by atoms with E-state index in [-0.39, 0.29) is 8.41 Å². The number of rotatable bonds is 0. The van der Waals surface area contributed by atoms with E-state index in [0.29, 0.717) is 0 Å². The summed E-state index contributed by atoms with van der Waals surface area (Å²) in [6.45, 7) is 1.84. The van der Waals surface area contributed by atoms with Crippen LogP contribution in [0.2, 0.25) is 0 Å². The van der Waals surface area contributed by atoms with Crippen LogP contribution in [0.3, 0.4) is 0 Å². The zero-order valence-electron chi connectivity index (χ0n) is 5.96. The molecule has 0 fully saturated rings. The Balaban J connectivity index is 0.000000810. The van der Waals surface area contributed by atoms with Gasteiger partial charge in [-0.1, -0.05) is 24.1 Å². The quantitative estimate of drug-likeness (QED) is 0.367. The maximum absolute atomic E-state index is 2.96. The topological polar surface area (TPSA) is 0 Å². The molecule has 0 N–H and O–H groups in total. The minimum atomic E-state index is 0. The molecule has 0 unspecified atom stereocenters. The Labute approximate surface area is 63.8 Å². The van der Waals surface area contributed by atoms with Gasteiger partial charge in [0.25, 0.3) is 0 Å². The molecule has 1 aromatic rings. The van der Waals surface area contributed by atoms with Crippen LogP contribution in [-0.2, 0) is 0 Å². The van der Waals surface area contributed by atoms with Crippen LogP contribution in [0.4, 0.5) is 0 Å². The third-order valence-corrected chi connectivity index (χ3v) is 1.04. The van der Waals surface area contributed by atoms with E-state index in [2.05, 4.69) is 11.8 Å². The monoisotopic (exact) mass is 127 g/mol. The number of hydrogen-bond acceptors (Lipinski definition) is 0. The maximum Gasteiger partial charge on any atom is 0.0245 e. The van der Waals surface area contributed by atoms with E-state index in [1.54, 1.807) is 0 Å². The molecule has 0 saturated carbocycles. The molecule has 0 saturated heterocycles. The number of benzene rings is 1. The molecule has 0 amide bonds. The molecule has 0 atom stereocenters. The molecule has 47 valence electrons. The van der Waals surface area contributed by atoms with Crippen molar-refractivity contribution in [2.45, 2.75) is 6.92 Å². The lowest BCUT2D eigenvalue weighted by Gasteiger charge is -1.83. The second-order valence-corrected chi connectivity index (χ2v) is 1.74. The first-order valence-electron chi connectivity index (χ1n) is 2.91. The normalized spacial score (nSPS) is 6.90. The number of hydrogen-bond donors (Lipinski definition) is 0. The molecule has 0 bridgehead atoms. The van der Waals surface area contributed by atoms with E-state index >= 15 is 0 Å². The average molecular weight is 127 g/mol. The van der Waals surface area contributed by atoms with E-state index < -0.39 is 0 Å². The third-order valence-electron chi connectivity index (χ3n) is 1.04. The Morgan fingerprint density at radius 2 is 1.70 bits per heavy atom. The molecule has 0 heterocycles. The van der Waals surface area contributed by atoms with Gasteiger partial charge in [0.1, 0.15) is 0 Å². The molecule has 0 aliphatic rings. The molecule has 0 nitrogen and oxygen atoms in total. The summed E-state index contributed by atoms with van der Waals surface area (Å²) in [6, 6.07) is 9.95. The Morgan fingerprint density at radius 3 is 2.20 bits per heavy atom. The summed E-state index contributed by atoms with van der Waals surface area (Å²) in [5, 5.41) is 0. The van der Waals surface area contributed by atoms with Crippen LogP contribution in [-0.4, -0.2) is 8.41 Å². The summed E-state index contributed by atoms with van der Waals surface area (Å²) in [5.41, 5.74) is 1.08. The smallest absolute Gasteiger partial charge is 0.0245 e. The maximum atomic E-state index is 2.96. The SMILES string of the molecule is CC#Cc1ccccc1.[B]. The highest BCUT2D eigenvalue weighted by atomic mass is 13.8. The first-order chi connectivity index (χ1) is 4.43. The molecule has 0 aliphatic heterocycles. The van der Waals surface area contributed by atoms with E-state index in [1.165, 1.54) is 0 Å². The van der Waals surface area contributed by atoms with E-state index in [0.717, 1.165) is 5.56 Å². The van der Waals surface area contributed by atoms with Gasteiger partial charge >= 0.3 is 0 Å². The molecule has 0 spiro atoms. The van der Waals surface area contributed by atoms with Crippen LogP contribution in [0.1, 0.15) is 12.5 Å². The second kappa shape index (κ2) is 4.70. The lowest BCUT2D eigenvalue weighted by molar-refractivity contribution is 1.64.